The van der Waals surface area contributed by atoms with Gasteiger partial charge in [-0.3, -0.25) is 9.69 Å². The Morgan fingerprint density at radius 3 is 2.84 bits per heavy atom. The van der Waals surface area contributed by atoms with Crippen LogP contribution in [0.5, 0.6) is 5.75 Å². The average molecular weight is 356 g/mol. The van der Waals surface area contributed by atoms with Gasteiger partial charge in [-0.05, 0) is 32.2 Å². The predicted octanol–water partition coefficient (Wildman–Crippen LogP) is 3.33. The topological polar surface area (TPSA) is 67.3 Å². The minimum Gasteiger partial charge on any atom is -0.496 e. The van der Waals surface area contributed by atoms with Crippen LogP contribution in [-0.4, -0.2) is 40.3 Å². The first-order valence-electron chi connectivity index (χ1n) is 7.94. The van der Waals surface area contributed by atoms with Crippen molar-refractivity contribution in [2.24, 2.45) is 0 Å². The number of carbonyl (C=O) groups excluding carboxylic acids is 1. The first-order chi connectivity index (χ1) is 12.1. The summed E-state index contributed by atoms with van der Waals surface area (Å²) in [6.07, 6.45) is 0. The molecular formula is C18H20N4O2S. The third kappa shape index (κ3) is 3.78. The van der Waals surface area contributed by atoms with E-state index in [0.29, 0.717) is 5.69 Å². The maximum Gasteiger partial charge on any atom is 0.238 e. The molecule has 0 aliphatic heterocycles. The van der Waals surface area contributed by atoms with E-state index in [1.54, 1.807) is 7.11 Å². The van der Waals surface area contributed by atoms with E-state index >= 15 is 0 Å². The molecule has 7 heteroatoms. The molecule has 25 heavy (non-hydrogen) atoms. The number of anilines is 1. The van der Waals surface area contributed by atoms with Crippen molar-refractivity contribution in [2.45, 2.75) is 13.0 Å². The second-order valence-electron chi connectivity index (χ2n) is 5.82. The van der Waals surface area contributed by atoms with Crippen LogP contribution in [0.4, 0.5) is 5.69 Å². The van der Waals surface area contributed by atoms with Gasteiger partial charge in [0.25, 0.3) is 0 Å². The number of hydrogen-bond acceptors (Lipinski definition) is 6. The first kappa shape index (κ1) is 17.3. The molecule has 0 saturated carbocycles. The SMILES string of the molecule is COc1ccccc1[C@@H](C)N(C)CC(=O)Nc1cccc2nsnc12. The molecule has 3 rings (SSSR count). The number of rotatable bonds is 6. The van der Waals surface area contributed by atoms with Crippen LogP contribution in [0.3, 0.4) is 0 Å². The van der Waals surface area contributed by atoms with E-state index in [0.717, 1.165) is 34.1 Å². The molecular weight excluding hydrogens is 336 g/mol. The summed E-state index contributed by atoms with van der Waals surface area (Å²) in [4.78, 5) is 14.4. The highest BCUT2D eigenvalue weighted by molar-refractivity contribution is 7.00. The highest BCUT2D eigenvalue weighted by atomic mass is 32.1. The van der Waals surface area contributed by atoms with E-state index in [2.05, 4.69) is 21.0 Å². The van der Waals surface area contributed by atoms with Gasteiger partial charge in [-0.15, -0.1) is 0 Å². The number of amides is 1. The van der Waals surface area contributed by atoms with E-state index in [-0.39, 0.29) is 18.5 Å². The molecule has 3 aromatic rings. The van der Waals surface area contributed by atoms with Crippen LogP contribution >= 0.6 is 11.7 Å². The van der Waals surface area contributed by atoms with Crippen molar-refractivity contribution in [3.8, 4) is 5.75 Å². The molecule has 0 fully saturated rings. The van der Waals surface area contributed by atoms with E-state index < -0.39 is 0 Å². The molecule has 1 amide bonds. The minimum atomic E-state index is -0.0928. The zero-order chi connectivity index (χ0) is 17.8. The molecule has 0 aliphatic rings. The second-order valence-corrected chi connectivity index (χ2v) is 6.35. The van der Waals surface area contributed by atoms with Gasteiger partial charge in [0.05, 0.1) is 31.1 Å². The van der Waals surface area contributed by atoms with Crippen molar-refractivity contribution in [2.75, 3.05) is 26.0 Å². The number of fused-ring (bicyclic) bond motifs is 1. The van der Waals surface area contributed by atoms with Crippen molar-refractivity contribution in [1.29, 1.82) is 0 Å². The molecule has 0 spiro atoms. The van der Waals surface area contributed by atoms with E-state index in [4.69, 9.17) is 4.74 Å². The summed E-state index contributed by atoms with van der Waals surface area (Å²) in [6, 6.07) is 13.5. The zero-order valence-corrected chi connectivity index (χ0v) is 15.2. The van der Waals surface area contributed by atoms with Gasteiger partial charge in [0, 0.05) is 11.6 Å². The summed E-state index contributed by atoms with van der Waals surface area (Å²) < 4.78 is 13.8. The smallest absolute Gasteiger partial charge is 0.238 e. The third-order valence-corrected chi connectivity index (χ3v) is 4.75. The van der Waals surface area contributed by atoms with Gasteiger partial charge in [-0.25, -0.2) is 0 Å². The van der Waals surface area contributed by atoms with Crippen LogP contribution < -0.4 is 10.1 Å². The summed E-state index contributed by atoms with van der Waals surface area (Å²) in [6.45, 7) is 2.31. The zero-order valence-electron chi connectivity index (χ0n) is 14.4. The number of likely N-dealkylation sites (N-methyl/N-ethyl adjacent to an activating group) is 1. The maximum atomic E-state index is 12.4. The summed E-state index contributed by atoms with van der Waals surface area (Å²) in [5.74, 6) is 0.727. The Bertz CT molecular complexity index is 880. The molecule has 0 radical (unpaired) electrons. The van der Waals surface area contributed by atoms with E-state index in [9.17, 15) is 4.79 Å². The average Bonchev–Trinajstić information content (AvgIpc) is 3.10. The fourth-order valence-corrected chi connectivity index (χ4v) is 3.26. The lowest BCUT2D eigenvalue weighted by molar-refractivity contribution is -0.117. The normalized spacial score (nSPS) is 12.3. The van der Waals surface area contributed by atoms with E-state index in [1.165, 1.54) is 0 Å². The highest BCUT2D eigenvalue weighted by Crippen LogP contribution is 2.28. The molecule has 1 aromatic heterocycles. The number of methoxy groups -OCH3 is 1. The molecule has 0 saturated heterocycles. The van der Waals surface area contributed by atoms with E-state index in [1.807, 2.05) is 54.4 Å². The molecule has 1 N–H and O–H groups in total. The van der Waals surface area contributed by atoms with Crippen LogP contribution in [0, 0.1) is 0 Å². The number of nitrogens with one attached hydrogen (secondary N) is 1. The van der Waals surface area contributed by atoms with Crippen molar-refractivity contribution in [1.82, 2.24) is 13.6 Å². The molecule has 0 unspecified atom stereocenters. The number of hydrogen-bond donors (Lipinski definition) is 1. The summed E-state index contributed by atoms with van der Waals surface area (Å²) in [7, 11) is 3.57. The lowest BCUT2D eigenvalue weighted by Crippen LogP contribution is -2.32. The molecule has 130 valence electrons. The molecule has 0 aliphatic carbocycles. The molecule has 2 aromatic carbocycles. The Morgan fingerprint density at radius 2 is 2.04 bits per heavy atom. The molecule has 1 atom stereocenters. The largest absolute Gasteiger partial charge is 0.496 e. The van der Waals surface area contributed by atoms with Gasteiger partial charge in [-0.2, -0.15) is 8.75 Å². The van der Waals surface area contributed by atoms with Crippen molar-refractivity contribution in [3.05, 3.63) is 48.0 Å². The van der Waals surface area contributed by atoms with Crippen molar-refractivity contribution < 1.29 is 9.53 Å². The van der Waals surface area contributed by atoms with Gasteiger partial charge >= 0.3 is 0 Å². The Hall–Kier alpha value is -2.51. The van der Waals surface area contributed by atoms with Gasteiger partial charge in [0.15, 0.2) is 0 Å². The quantitative estimate of drug-likeness (QED) is 0.734. The fraction of sp³-hybridized carbons (Fsp3) is 0.278. The number of ether oxygens (including phenoxy) is 1. The Labute approximate surface area is 150 Å². The summed E-state index contributed by atoms with van der Waals surface area (Å²) in [5.41, 5.74) is 3.25. The van der Waals surface area contributed by atoms with Crippen LogP contribution in [0.25, 0.3) is 11.0 Å². The van der Waals surface area contributed by atoms with Gasteiger partial charge in [-0.1, -0.05) is 24.3 Å². The van der Waals surface area contributed by atoms with Crippen LogP contribution in [0.1, 0.15) is 18.5 Å². The van der Waals surface area contributed by atoms with Crippen molar-refractivity contribution >= 4 is 34.4 Å². The first-order valence-corrected chi connectivity index (χ1v) is 8.67. The lowest BCUT2D eigenvalue weighted by atomic mass is 10.1. The van der Waals surface area contributed by atoms with Gasteiger partial charge < -0.3 is 10.1 Å². The molecule has 1 heterocycles. The lowest BCUT2D eigenvalue weighted by Gasteiger charge is -2.25. The molecule has 0 bridgehead atoms. The minimum absolute atomic E-state index is 0.0404. The Balaban J connectivity index is 1.69. The predicted molar refractivity (Wildman–Crippen MR) is 100 cm³/mol. The summed E-state index contributed by atoms with van der Waals surface area (Å²) >= 11 is 1.14. The number of para-hydroxylation sites is 1. The van der Waals surface area contributed by atoms with Crippen molar-refractivity contribution in [3.63, 3.8) is 0 Å². The van der Waals surface area contributed by atoms with Crippen LogP contribution in [0.15, 0.2) is 42.5 Å². The van der Waals surface area contributed by atoms with Crippen LogP contribution in [-0.2, 0) is 4.79 Å². The molecule has 6 nitrogen and oxygen atoms in total. The van der Waals surface area contributed by atoms with Gasteiger partial charge in [0.1, 0.15) is 16.8 Å². The number of aromatic nitrogens is 2. The Morgan fingerprint density at radius 1 is 1.24 bits per heavy atom. The third-order valence-electron chi connectivity index (χ3n) is 4.20. The van der Waals surface area contributed by atoms with Crippen LogP contribution in [0.2, 0.25) is 0 Å². The Kier molecular flexibility index (Phi) is 5.25. The number of nitrogens with zero attached hydrogens (tertiary/aromatic N) is 3. The monoisotopic (exact) mass is 356 g/mol. The number of benzene rings is 2. The maximum absolute atomic E-state index is 12.4. The standard InChI is InChI=1S/C18H20N4O2S/c1-12(13-7-4-5-10-16(13)24-3)22(2)11-17(23)19-14-8-6-9-15-18(14)21-25-20-15/h4-10,12H,11H2,1-3H3,(H,19,23)/t12-/m1/s1. The summed E-state index contributed by atoms with van der Waals surface area (Å²) in [5, 5.41) is 2.93. The number of carbonyl (C=O) groups is 1. The highest BCUT2D eigenvalue weighted by Gasteiger charge is 2.18. The van der Waals surface area contributed by atoms with Gasteiger partial charge in [0.2, 0.25) is 5.91 Å². The fourth-order valence-electron chi connectivity index (χ4n) is 2.71. The second kappa shape index (κ2) is 7.58.